The zero-order chi connectivity index (χ0) is 28.8. The largest absolute Gasteiger partial charge is 0.351 e. The number of carbonyl (C=O) groups excluding carboxylic acids is 3. The van der Waals surface area contributed by atoms with Gasteiger partial charge in [0.1, 0.15) is 23.1 Å². The van der Waals surface area contributed by atoms with Crippen molar-refractivity contribution in [3.8, 4) is 0 Å². The van der Waals surface area contributed by atoms with Gasteiger partial charge in [0.2, 0.25) is 27.7 Å². The molecule has 2 heterocycles. The third-order valence-electron chi connectivity index (χ3n) is 7.60. The van der Waals surface area contributed by atoms with Gasteiger partial charge in [-0.05, 0) is 48.7 Å². The molecule has 3 aliphatic rings. The van der Waals surface area contributed by atoms with Crippen LogP contribution in [0.2, 0.25) is 10.0 Å². The van der Waals surface area contributed by atoms with Crippen LogP contribution < -0.4 is 10.6 Å². The quantitative estimate of drug-likeness (QED) is 0.519. The minimum atomic E-state index is -4.38. The molecule has 2 aromatic rings. The van der Waals surface area contributed by atoms with Crippen molar-refractivity contribution in [3.63, 3.8) is 0 Å². The Labute approximate surface area is 239 Å². The molecule has 0 aromatic heterocycles. The molecular formula is C26H26Cl2F2N4O5S. The van der Waals surface area contributed by atoms with Gasteiger partial charge < -0.3 is 15.5 Å². The monoisotopic (exact) mass is 614 g/mol. The van der Waals surface area contributed by atoms with Gasteiger partial charge in [0.05, 0.1) is 11.6 Å². The summed E-state index contributed by atoms with van der Waals surface area (Å²) < 4.78 is 56.4. The van der Waals surface area contributed by atoms with Crippen molar-refractivity contribution in [2.24, 2.45) is 5.92 Å². The molecule has 2 saturated heterocycles. The van der Waals surface area contributed by atoms with Gasteiger partial charge in [-0.1, -0.05) is 42.1 Å². The number of hydrogen-bond donors (Lipinski definition) is 2. The Hall–Kier alpha value is -2.80. The van der Waals surface area contributed by atoms with Crippen LogP contribution in [0, 0.1) is 17.6 Å². The van der Waals surface area contributed by atoms with Crippen LogP contribution in [0.1, 0.15) is 31.2 Å². The van der Waals surface area contributed by atoms with E-state index in [0.29, 0.717) is 12.8 Å². The Morgan fingerprint density at radius 1 is 1.05 bits per heavy atom. The van der Waals surface area contributed by atoms with E-state index >= 15 is 0 Å². The summed E-state index contributed by atoms with van der Waals surface area (Å²) in [6.07, 6.45) is 1.67. The zero-order valence-corrected chi connectivity index (χ0v) is 23.4. The average Bonchev–Trinajstić information content (AvgIpc) is 3.44. The van der Waals surface area contributed by atoms with Crippen molar-refractivity contribution in [1.82, 2.24) is 19.8 Å². The van der Waals surface area contributed by atoms with Crippen LogP contribution in [-0.2, 0) is 30.8 Å². The molecule has 14 heteroatoms. The topological polar surface area (TPSA) is 116 Å². The van der Waals surface area contributed by atoms with Gasteiger partial charge >= 0.3 is 0 Å². The van der Waals surface area contributed by atoms with Crippen LogP contribution in [0.25, 0.3) is 0 Å². The average molecular weight is 615 g/mol. The fourth-order valence-electron chi connectivity index (χ4n) is 5.58. The molecule has 3 fully saturated rings. The Balaban J connectivity index is 1.54. The number of fused-ring (bicyclic) bond motifs is 1. The van der Waals surface area contributed by atoms with Crippen LogP contribution in [0.15, 0.2) is 41.3 Å². The van der Waals surface area contributed by atoms with Crippen LogP contribution in [0.4, 0.5) is 8.78 Å². The number of piperazine rings is 1. The first-order valence-corrected chi connectivity index (χ1v) is 15.0. The van der Waals surface area contributed by atoms with Gasteiger partial charge in [-0.25, -0.2) is 17.2 Å². The van der Waals surface area contributed by atoms with Crippen molar-refractivity contribution >= 4 is 50.9 Å². The van der Waals surface area contributed by atoms with E-state index in [1.54, 1.807) is 0 Å². The number of amides is 3. The summed E-state index contributed by atoms with van der Waals surface area (Å²) in [4.78, 5) is 40.7. The summed E-state index contributed by atoms with van der Waals surface area (Å²) in [6.45, 7) is -0.625. The first-order valence-electron chi connectivity index (χ1n) is 12.8. The predicted molar refractivity (Wildman–Crippen MR) is 142 cm³/mol. The van der Waals surface area contributed by atoms with Crippen LogP contribution in [0.3, 0.4) is 0 Å². The molecule has 2 aliphatic heterocycles. The van der Waals surface area contributed by atoms with E-state index in [1.165, 1.54) is 24.3 Å². The standard InChI is InChI=1S/C26H26Cl2F2N4O5S/c27-16-6-8-22(17(28)11-16)40(38,39)33-13-20(32-24(35)15-3-1-2-4-15)26(37)34-21(25(36)31-12-23(33)34)10-14-5-7-18(29)19(30)9-14/h5-9,11,15,20-21,23H,1-4,10,12-13H2,(H,31,36)(H,32,35). The molecule has 3 atom stereocenters. The number of hydrogen-bond acceptors (Lipinski definition) is 5. The summed E-state index contributed by atoms with van der Waals surface area (Å²) in [7, 11) is -4.38. The lowest BCUT2D eigenvalue weighted by Gasteiger charge is -2.50. The Kier molecular flexibility index (Phi) is 8.06. The maximum atomic E-state index is 14.0. The van der Waals surface area contributed by atoms with E-state index in [2.05, 4.69) is 10.6 Å². The second-order valence-corrected chi connectivity index (χ2v) is 12.8. The predicted octanol–water partition coefficient (Wildman–Crippen LogP) is 2.85. The van der Waals surface area contributed by atoms with Crippen molar-refractivity contribution in [2.75, 3.05) is 13.1 Å². The normalized spacial score (nSPS) is 24.1. The minimum absolute atomic E-state index is 0.138. The van der Waals surface area contributed by atoms with Crippen molar-refractivity contribution in [2.45, 2.75) is 55.2 Å². The highest BCUT2D eigenvalue weighted by molar-refractivity contribution is 7.89. The highest BCUT2D eigenvalue weighted by Gasteiger charge is 2.52. The number of nitrogens with zero attached hydrogens (tertiary/aromatic N) is 2. The third-order valence-corrected chi connectivity index (χ3v) is 10.2. The Morgan fingerprint density at radius 2 is 1.77 bits per heavy atom. The van der Waals surface area contributed by atoms with Crippen molar-refractivity contribution < 1.29 is 31.6 Å². The summed E-state index contributed by atoms with van der Waals surface area (Å²) >= 11 is 12.2. The molecule has 2 N–H and O–H groups in total. The molecule has 2 aromatic carbocycles. The number of halogens is 4. The fourth-order valence-corrected chi connectivity index (χ4v) is 7.92. The van der Waals surface area contributed by atoms with Crippen molar-refractivity contribution in [3.05, 3.63) is 63.6 Å². The van der Waals surface area contributed by atoms with E-state index < -0.39 is 58.3 Å². The summed E-state index contributed by atoms with van der Waals surface area (Å²) in [5, 5.41) is 5.41. The van der Waals surface area contributed by atoms with Crippen LogP contribution in [0.5, 0.6) is 0 Å². The first-order chi connectivity index (χ1) is 19.0. The zero-order valence-electron chi connectivity index (χ0n) is 21.1. The number of rotatable bonds is 6. The van der Waals surface area contributed by atoms with Crippen LogP contribution in [-0.4, -0.2) is 66.7 Å². The van der Waals surface area contributed by atoms with E-state index in [9.17, 15) is 31.6 Å². The fraction of sp³-hybridized carbons (Fsp3) is 0.423. The molecule has 40 heavy (non-hydrogen) atoms. The molecule has 3 unspecified atom stereocenters. The second-order valence-electron chi connectivity index (χ2n) is 10.1. The molecule has 0 spiro atoms. The third kappa shape index (κ3) is 5.41. The lowest BCUT2D eigenvalue weighted by Crippen LogP contribution is -2.75. The maximum absolute atomic E-state index is 14.0. The minimum Gasteiger partial charge on any atom is -0.351 e. The Morgan fingerprint density at radius 3 is 2.45 bits per heavy atom. The maximum Gasteiger partial charge on any atom is 0.248 e. The molecule has 214 valence electrons. The number of nitrogens with one attached hydrogen (secondary N) is 2. The highest BCUT2D eigenvalue weighted by atomic mass is 35.5. The van der Waals surface area contributed by atoms with Gasteiger partial charge in [0.25, 0.3) is 0 Å². The smallest absolute Gasteiger partial charge is 0.248 e. The molecule has 3 amide bonds. The SMILES string of the molecule is O=C(NC1CN(S(=O)(=O)c2ccc(Cl)cc2Cl)C2CNC(=O)C(Cc3ccc(F)c(F)c3)N2C1=O)C1CCCC1. The number of carbonyl (C=O) groups is 3. The van der Waals surface area contributed by atoms with E-state index in [1.807, 2.05) is 0 Å². The molecule has 9 nitrogen and oxygen atoms in total. The molecule has 1 aliphatic carbocycles. The molecule has 5 rings (SSSR count). The van der Waals surface area contributed by atoms with E-state index in [4.69, 9.17) is 23.2 Å². The number of benzene rings is 2. The lowest BCUT2D eigenvalue weighted by atomic mass is 9.97. The van der Waals surface area contributed by atoms with Crippen molar-refractivity contribution in [1.29, 1.82) is 0 Å². The van der Waals surface area contributed by atoms with Gasteiger partial charge in [-0.3, -0.25) is 14.4 Å². The van der Waals surface area contributed by atoms with E-state index in [-0.39, 0.29) is 45.3 Å². The van der Waals surface area contributed by atoms with Gasteiger partial charge in [-0.15, -0.1) is 0 Å². The Bertz CT molecular complexity index is 1470. The molecule has 0 radical (unpaired) electrons. The van der Waals surface area contributed by atoms with Gasteiger partial charge in [0.15, 0.2) is 11.6 Å². The molecular weight excluding hydrogens is 589 g/mol. The summed E-state index contributed by atoms with van der Waals surface area (Å²) in [6, 6.07) is 4.44. The second kappa shape index (κ2) is 11.2. The van der Waals surface area contributed by atoms with E-state index in [0.717, 1.165) is 34.2 Å². The molecule has 0 bridgehead atoms. The van der Waals surface area contributed by atoms with Crippen LogP contribution >= 0.6 is 23.2 Å². The van der Waals surface area contributed by atoms with Gasteiger partial charge in [-0.2, -0.15) is 4.31 Å². The first kappa shape index (κ1) is 28.7. The summed E-state index contributed by atoms with van der Waals surface area (Å²) in [5.41, 5.74) is 0.222. The highest BCUT2D eigenvalue weighted by Crippen LogP contribution is 2.34. The van der Waals surface area contributed by atoms with Gasteiger partial charge in [0, 0.05) is 23.9 Å². The summed E-state index contributed by atoms with van der Waals surface area (Å²) in [5.74, 6) is -4.11. The number of sulfonamides is 1. The lowest BCUT2D eigenvalue weighted by molar-refractivity contribution is -0.158. The molecule has 1 saturated carbocycles.